The molecule has 3 rings (SSSR count). The predicted molar refractivity (Wildman–Crippen MR) is 124 cm³/mol. The van der Waals surface area contributed by atoms with Crippen molar-refractivity contribution in [1.82, 2.24) is 10.0 Å². The maximum Gasteiger partial charge on any atom is 0.256 e. The number of thiophene rings is 1. The fourth-order valence-corrected chi connectivity index (χ4v) is 4.03. The molecule has 0 saturated carbocycles. The van der Waals surface area contributed by atoms with Gasteiger partial charge in [-0.15, -0.1) is 0 Å². The predicted octanol–water partition coefficient (Wildman–Crippen LogP) is 3.25. The van der Waals surface area contributed by atoms with Gasteiger partial charge < -0.3 is 10.6 Å². The second kappa shape index (κ2) is 9.86. The summed E-state index contributed by atoms with van der Waals surface area (Å²) in [4.78, 5) is 24.5. The van der Waals surface area contributed by atoms with Crippen LogP contribution in [0, 0.1) is 6.92 Å². The average molecular weight is 458 g/mol. The Morgan fingerprint density at radius 3 is 2.32 bits per heavy atom. The third-order valence-corrected chi connectivity index (χ3v) is 5.92. The van der Waals surface area contributed by atoms with E-state index in [0.29, 0.717) is 16.8 Å². The summed E-state index contributed by atoms with van der Waals surface area (Å²) in [7, 11) is -3.28. The average Bonchev–Trinajstić information content (AvgIpc) is 3.27. The molecule has 31 heavy (non-hydrogen) atoms. The van der Waals surface area contributed by atoms with E-state index in [1.165, 1.54) is 11.3 Å². The van der Waals surface area contributed by atoms with Crippen LogP contribution in [-0.4, -0.2) is 39.6 Å². The molecule has 1 heterocycles. The molecule has 0 unspecified atom stereocenters. The van der Waals surface area contributed by atoms with Crippen molar-refractivity contribution in [2.24, 2.45) is 0 Å². The third-order valence-electron chi connectivity index (χ3n) is 4.51. The molecule has 3 N–H and O–H groups in total. The summed E-state index contributed by atoms with van der Waals surface area (Å²) in [6.07, 6.45) is 1.07. The molecular weight excluding hydrogens is 434 g/mol. The number of rotatable bonds is 8. The fraction of sp³-hybridized carbons (Fsp3) is 0.182. The van der Waals surface area contributed by atoms with Crippen molar-refractivity contribution in [3.63, 3.8) is 0 Å². The summed E-state index contributed by atoms with van der Waals surface area (Å²) < 4.78 is 24.4. The SMILES string of the molecule is Cc1ccc(NC(=O)c2ccsc2)cc1-c1ccc(C(=O)NCCNS(C)(=O)=O)cc1. The summed E-state index contributed by atoms with van der Waals surface area (Å²) in [6, 6.07) is 14.6. The first kappa shape index (κ1) is 22.7. The van der Waals surface area contributed by atoms with Gasteiger partial charge in [0.1, 0.15) is 0 Å². The number of nitrogens with one attached hydrogen (secondary N) is 3. The lowest BCUT2D eigenvalue weighted by Crippen LogP contribution is -2.34. The monoisotopic (exact) mass is 457 g/mol. The summed E-state index contributed by atoms with van der Waals surface area (Å²) >= 11 is 1.47. The van der Waals surface area contributed by atoms with Gasteiger partial charge in [0.25, 0.3) is 11.8 Å². The van der Waals surface area contributed by atoms with Crippen molar-refractivity contribution >= 4 is 38.9 Å². The zero-order valence-corrected chi connectivity index (χ0v) is 18.8. The molecule has 2 amide bonds. The van der Waals surface area contributed by atoms with Gasteiger partial charge in [0.15, 0.2) is 0 Å². The van der Waals surface area contributed by atoms with Gasteiger partial charge in [-0.25, -0.2) is 13.1 Å². The Hall–Kier alpha value is -3.01. The van der Waals surface area contributed by atoms with Crippen LogP contribution < -0.4 is 15.4 Å². The highest BCUT2D eigenvalue weighted by Crippen LogP contribution is 2.27. The van der Waals surface area contributed by atoms with Crippen molar-refractivity contribution < 1.29 is 18.0 Å². The molecule has 7 nitrogen and oxygen atoms in total. The fourth-order valence-electron chi connectivity index (χ4n) is 2.92. The lowest BCUT2D eigenvalue weighted by molar-refractivity contribution is 0.0953. The second-order valence-electron chi connectivity index (χ2n) is 7.00. The van der Waals surface area contributed by atoms with Crippen LogP contribution in [0.1, 0.15) is 26.3 Å². The van der Waals surface area contributed by atoms with Crippen molar-refractivity contribution in [2.45, 2.75) is 6.92 Å². The van der Waals surface area contributed by atoms with E-state index >= 15 is 0 Å². The molecule has 1 aromatic heterocycles. The van der Waals surface area contributed by atoms with Crippen LogP contribution in [0.5, 0.6) is 0 Å². The number of carbonyl (C=O) groups is 2. The van der Waals surface area contributed by atoms with Crippen LogP contribution in [0.15, 0.2) is 59.3 Å². The second-order valence-corrected chi connectivity index (χ2v) is 9.61. The minimum absolute atomic E-state index is 0.131. The lowest BCUT2D eigenvalue weighted by atomic mass is 9.98. The van der Waals surface area contributed by atoms with Gasteiger partial charge in [0, 0.05) is 29.7 Å². The maximum absolute atomic E-state index is 12.3. The molecule has 0 aliphatic carbocycles. The largest absolute Gasteiger partial charge is 0.351 e. The van der Waals surface area contributed by atoms with Crippen molar-refractivity contribution in [1.29, 1.82) is 0 Å². The maximum atomic E-state index is 12.3. The summed E-state index contributed by atoms with van der Waals surface area (Å²) in [6.45, 7) is 2.31. The van der Waals surface area contributed by atoms with Crippen LogP contribution in [0.4, 0.5) is 5.69 Å². The highest BCUT2D eigenvalue weighted by molar-refractivity contribution is 7.88. The minimum atomic E-state index is -3.28. The van der Waals surface area contributed by atoms with Crippen molar-refractivity contribution in [2.75, 3.05) is 24.7 Å². The number of hydrogen-bond acceptors (Lipinski definition) is 5. The van der Waals surface area contributed by atoms with Crippen molar-refractivity contribution in [3.8, 4) is 11.1 Å². The topological polar surface area (TPSA) is 104 Å². The Morgan fingerprint density at radius 2 is 1.68 bits per heavy atom. The number of anilines is 1. The zero-order valence-electron chi connectivity index (χ0n) is 17.1. The normalized spacial score (nSPS) is 11.2. The Kier molecular flexibility index (Phi) is 7.21. The Labute approximate surface area is 185 Å². The van der Waals surface area contributed by atoms with Gasteiger partial charge in [-0.2, -0.15) is 11.3 Å². The zero-order chi connectivity index (χ0) is 22.4. The van der Waals surface area contributed by atoms with E-state index in [2.05, 4.69) is 15.4 Å². The Bertz CT molecular complexity index is 1170. The van der Waals surface area contributed by atoms with E-state index in [-0.39, 0.29) is 24.9 Å². The highest BCUT2D eigenvalue weighted by atomic mass is 32.2. The molecule has 0 saturated heterocycles. The molecule has 162 valence electrons. The number of amides is 2. The highest BCUT2D eigenvalue weighted by Gasteiger charge is 2.10. The molecule has 0 radical (unpaired) electrons. The quantitative estimate of drug-likeness (QED) is 0.452. The molecule has 0 fully saturated rings. The van der Waals surface area contributed by atoms with E-state index < -0.39 is 10.0 Å². The number of carbonyl (C=O) groups excluding carboxylic acids is 2. The molecule has 2 aromatic carbocycles. The molecule has 9 heteroatoms. The van der Waals surface area contributed by atoms with E-state index in [1.54, 1.807) is 23.6 Å². The lowest BCUT2D eigenvalue weighted by Gasteiger charge is -2.11. The molecule has 0 atom stereocenters. The van der Waals surface area contributed by atoms with Crippen LogP contribution in [-0.2, 0) is 10.0 Å². The van der Waals surface area contributed by atoms with E-state index in [0.717, 1.165) is 22.9 Å². The van der Waals surface area contributed by atoms with E-state index in [1.807, 2.05) is 42.6 Å². The van der Waals surface area contributed by atoms with Crippen LogP contribution >= 0.6 is 11.3 Å². The Balaban J connectivity index is 1.67. The summed E-state index contributed by atoms with van der Waals surface area (Å²) in [5, 5.41) is 9.23. The summed E-state index contributed by atoms with van der Waals surface area (Å²) in [5.41, 5.74) is 4.69. The number of sulfonamides is 1. The van der Waals surface area contributed by atoms with E-state index in [4.69, 9.17) is 0 Å². The van der Waals surface area contributed by atoms with Gasteiger partial charge >= 0.3 is 0 Å². The van der Waals surface area contributed by atoms with Crippen LogP contribution in [0.25, 0.3) is 11.1 Å². The molecule has 3 aromatic rings. The third kappa shape index (κ3) is 6.48. The number of aryl methyl sites for hydroxylation is 1. The van der Waals surface area contributed by atoms with Crippen LogP contribution in [0.3, 0.4) is 0 Å². The van der Waals surface area contributed by atoms with Gasteiger partial charge in [-0.05, 0) is 59.3 Å². The van der Waals surface area contributed by atoms with Gasteiger partial charge in [-0.3, -0.25) is 9.59 Å². The van der Waals surface area contributed by atoms with Crippen LogP contribution in [0.2, 0.25) is 0 Å². The minimum Gasteiger partial charge on any atom is -0.351 e. The number of benzene rings is 2. The van der Waals surface area contributed by atoms with Gasteiger partial charge in [0.05, 0.1) is 11.8 Å². The molecular formula is C22H23N3O4S2. The number of hydrogen-bond donors (Lipinski definition) is 3. The van der Waals surface area contributed by atoms with Gasteiger partial charge in [-0.1, -0.05) is 18.2 Å². The molecule has 0 aliphatic rings. The first-order valence-electron chi connectivity index (χ1n) is 9.50. The molecule has 0 spiro atoms. The van der Waals surface area contributed by atoms with E-state index in [9.17, 15) is 18.0 Å². The Morgan fingerprint density at radius 1 is 0.935 bits per heavy atom. The molecule has 0 aliphatic heterocycles. The van der Waals surface area contributed by atoms with Gasteiger partial charge in [0.2, 0.25) is 10.0 Å². The van der Waals surface area contributed by atoms with Crippen molar-refractivity contribution in [3.05, 3.63) is 76.0 Å². The first-order valence-corrected chi connectivity index (χ1v) is 12.3. The smallest absolute Gasteiger partial charge is 0.256 e. The molecule has 0 bridgehead atoms. The summed E-state index contributed by atoms with van der Waals surface area (Å²) in [5.74, 6) is -0.441. The standard InChI is InChI=1S/C22H23N3O4S2/c1-15-3-8-19(25-22(27)18-9-12-30-14-18)13-20(15)16-4-6-17(7-5-16)21(26)23-10-11-24-31(2,28)29/h3-9,12-14,24H,10-11H2,1-2H3,(H,23,26)(H,25,27). The first-order chi connectivity index (χ1) is 14.7.